The van der Waals surface area contributed by atoms with E-state index in [9.17, 15) is 5.26 Å². The van der Waals surface area contributed by atoms with Crippen molar-refractivity contribution < 1.29 is 0 Å². The molecule has 1 aliphatic carbocycles. The Bertz CT molecular complexity index is 3700. The molecule has 0 fully saturated rings. The molecule has 12 rings (SSSR count). The van der Waals surface area contributed by atoms with Gasteiger partial charge >= 0.3 is 0 Å². The predicted octanol–water partition coefficient (Wildman–Crippen LogP) is 15.9. The zero-order valence-corrected chi connectivity index (χ0v) is 35.7. The molecule has 10 aromatic carbocycles. The Labute approximate surface area is 383 Å². The normalized spacial score (nSPS) is 11.3. The van der Waals surface area contributed by atoms with Gasteiger partial charge in [-0.3, -0.25) is 0 Å². The molecular formula is C62H38N4. The molecule has 11 aromatic rings. The summed E-state index contributed by atoms with van der Waals surface area (Å²) in [5.41, 5.74) is 18.9. The lowest BCUT2D eigenvalue weighted by Crippen LogP contribution is -2.01. The van der Waals surface area contributed by atoms with Gasteiger partial charge < -0.3 is 0 Å². The average Bonchev–Trinajstić information content (AvgIpc) is 3.73. The molecule has 0 amide bonds. The third-order valence-electron chi connectivity index (χ3n) is 12.7. The fourth-order valence-electron chi connectivity index (χ4n) is 9.55. The molecule has 0 spiro atoms. The monoisotopic (exact) mass is 838 g/mol. The van der Waals surface area contributed by atoms with E-state index in [0.29, 0.717) is 23.0 Å². The van der Waals surface area contributed by atoms with E-state index in [2.05, 4.69) is 164 Å². The van der Waals surface area contributed by atoms with Crippen molar-refractivity contribution in [3.8, 4) is 118 Å². The molecule has 0 unspecified atom stereocenters. The fraction of sp³-hybridized carbons (Fsp3) is 0. The summed E-state index contributed by atoms with van der Waals surface area (Å²) >= 11 is 0. The van der Waals surface area contributed by atoms with E-state index in [1.54, 1.807) is 0 Å². The quantitative estimate of drug-likeness (QED) is 0.153. The number of nitriles is 1. The Morgan fingerprint density at radius 2 is 0.697 bits per heavy atom. The van der Waals surface area contributed by atoms with E-state index in [1.807, 2.05) is 72.8 Å². The molecule has 0 saturated heterocycles. The second-order valence-electron chi connectivity index (χ2n) is 16.7. The second-order valence-corrected chi connectivity index (χ2v) is 16.7. The molecule has 4 heteroatoms. The topological polar surface area (TPSA) is 62.5 Å². The highest BCUT2D eigenvalue weighted by molar-refractivity contribution is 6.16. The van der Waals surface area contributed by atoms with Gasteiger partial charge in [-0.2, -0.15) is 5.26 Å². The zero-order valence-electron chi connectivity index (χ0n) is 35.7. The first-order valence-electron chi connectivity index (χ1n) is 22.1. The van der Waals surface area contributed by atoms with Gasteiger partial charge in [0.2, 0.25) is 0 Å². The van der Waals surface area contributed by atoms with E-state index in [1.165, 1.54) is 38.6 Å². The van der Waals surface area contributed by atoms with E-state index in [-0.39, 0.29) is 0 Å². The lowest BCUT2D eigenvalue weighted by Gasteiger charge is -2.15. The third kappa shape index (κ3) is 6.93. The van der Waals surface area contributed by atoms with E-state index < -0.39 is 0 Å². The molecule has 306 valence electrons. The summed E-state index contributed by atoms with van der Waals surface area (Å²) in [5, 5.41) is 13.1. The molecule has 1 aromatic heterocycles. The molecule has 66 heavy (non-hydrogen) atoms. The molecule has 0 radical (unpaired) electrons. The summed E-state index contributed by atoms with van der Waals surface area (Å²) in [6, 6.07) is 82.8. The SMILES string of the molecule is N#Cc1cc(-c2ccccc2-c2cccc(-c3cc4c5c(cccc5c3)-c3ccccc3-4)c2)cc(-c2ccccc2-c2nc(-c3ccccc3)nc(-c3ccc(-c4ccccc4)cc3)n2)c1. The molecular weight excluding hydrogens is 801 g/mol. The van der Waals surface area contributed by atoms with Crippen molar-refractivity contribution in [1.82, 2.24) is 15.0 Å². The van der Waals surface area contributed by atoms with Crippen LogP contribution in [-0.4, -0.2) is 15.0 Å². The molecule has 4 nitrogen and oxygen atoms in total. The average molecular weight is 839 g/mol. The summed E-state index contributed by atoms with van der Waals surface area (Å²) in [4.78, 5) is 15.3. The first-order chi connectivity index (χ1) is 32.6. The van der Waals surface area contributed by atoms with Gasteiger partial charge in [0.1, 0.15) is 0 Å². The molecule has 0 N–H and O–H groups in total. The van der Waals surface area contributed by atoms with Crippen molar-refractivity contribution >= 4 is 10.8 Å². The van der Waals surface area contributed by atoms with E-state index in [0.717, 1.165) is 66.8 Å². The van der Waals surface area contributed by atoms with Gasteiger partial charge in [0, 0.05) is 16.7 Å². The summed E-state index contributed by atoms with van der Waals surface area (Å²) < 4.78 is 0. The molecule has 0 atom stereocenters. The van der Waals surface area contributed by atoms with Crippen LogP contribution >= 0.6 is 0 Å². The van der Waals surface area contributed by atoms with E-state index in [4.69, 9.17) is 15.0 Å². The van der Waals surface area contributed by atoms with Crippen LogP contribution in [0, 0.1) is 11.3 Å². The van der Waals surface area contributed by atoms with E-state index >= 15 is 0 Å². The molecule has 1 heterocycles. The van der Waals surface area contributed by atoms with Crippen LogP contribution in [0.25, 0.3) is 123 Å². The molecule has 0 bridgehead atoms. The van der Waals surface area contributed by atoms with Crippen molar-refractivity contribution in [1.29, 1.82) is 5.26 Å². The van der Waals surface area contributed by atoms with Gasteiger partial charge in [-0.25, -0.2) is 15.0 Å². The van der Waals surface area contributed by atoms with Gasteiger partial charge in [-0.05, 0) is 125 Å². The van der Waals surface area contributed by atoms with Crippen LogP contribution in [0.3, 0.4) is 0 Å². The standard InChI is InChI=1S/C62H38N4/c63-39-40-33-49(52-23-8-7-22-51(52)46-20-13-19-45(35-46)48-36-47-21-14-28-56-54-25-10-11-26-55(54)58(38-48)59(47)56)37-50(34-40)53-24-9-12-27-57(53)62-65-60(43-17-5-2-6-18-43)64-61(66-62)44-31-29-42(30-32-44)41-15-3-1-4-16-41/h1-38H. The van der Waals surface area contributed by atoms with Crippen molar-refractivity contribution in [3.63, 3.8) is 0 Å². The van der Waals surface area contributed by atoms with Crippen LogP contribution in [0.15, 0.2) is 231 Å². The number of aromatic nitrogens is 3. The minimum Gasteiger partial charge on any atom is -0.208 e. The Morgan fingerprint density at radius 3 is 1.36 bits per heavy atom. The van der Waals surface area contributed by atoms with Crippen molar-refractivity contribution in [2.45, 2.75) is 0 Å². The zero-order chi connectivity index (χ0) is 44.0. The predicted molar refractivity (Wildman–Crippen MR) is 270 cm³/mol. The Balaban J connectivity index is 0.949. The fourth-order valence-corrected chi connectivity index (χ4v) is 9.55. The van der Waals surface area contributed by atoms with Crippen LogP contribution in [-0.2, 0) is 0 Å². The molecule has 1 aliphatic rings. The summed E-state index contributed by atoms with van der Waals surface area (Å²) in [5.74, 6) is 1.72. The van der Waals surface area contributed by atoms with Gasteiger partial charge in [-0.15, -0.1) is 0 Å². The van der Waals surface area contributed by atoms with Crippen molar-refractivity contribution in [2.24, 2.45) is 0 Å². The summed E-state index contributed by atoms with van der Waals surface area (Å²) in [7, 11) is 0. The number of benzene rings is 10. The summed E-state index contributed by atoms with van der Waals surface area (Å²) in [6.07, 6.45) is 0. The number of hydrogen-bond donors (Lipinski definition) is 0. The smallest absolute Gasteiger partial charge is 0.164 e. The lowest BCUT2D eigenvalue weighted by atomic mass is 9.89. The maximum atomic E-state index is 10.5. The Morgan fingerprint density at radius 1 is 0.258 bits per heavy atom. The van der Waals surface area contributed by atoms with Crippen LogP contribution in [0.2, 0.25) is 0 Å². The Kier molecular flexibility index (Phi) is 9.51. The highest BCUT2D eigenvalue weighted by Gasteiger charge is 2.22. The van der Waals surface area contributed by atoms with Crippen LogP contribution in [0.4, 0.5) is 0 Å². The van der Waals surface area contributed by atoms with Gasteiger partial charge in [0.15, 0.2) is 17.5 Å². The largest absolute Gasteiger partial charge is 0.208 e. The van der Waals surface area contributed by atoms with Gasteiger partial charge in [0.25, 0.3) is 0 Å². The number of nitrogens with zero attached hydrogens (tertiary/aromatic N) is 4. The molecule has 0 saturated carbocycles. The van der Waals surface area contributed by atoms with Crippen LogP contribution < -0.4 is 0 Å². The highest BCUT2D eigenvalue weighted by Crippen LogP contribution is 2.49. The second kappa shape index (κ2) is 16.3. The van der Waals surface area contributed by atoms with Crippen molar-refractivity contribution in [2.75, 3.05) is 0 Å². The van der Waals surface area contributed by atoms with Crippen molar-refractivity contribution in [3.05, 3.63) is 236 Å². The maximum Gasteiger partial charge on any atom is 0.164 e. The first kappa shape index (κ1) is 38.6. The van der Waals surface area contributed by atoms with Crippen LogP contribution in [0.5, 0.6) is 0 Å². The minimum atomic E-state index is 0.551. The summed E-state index contributed by atoms with van der Waals surface area (Å²) in [6.45, 7) is 0. The number of hydrogen-bond acceptors (Lipinski definition) is 4. The Hall–Kier alpha value is -9.04. The number of rotatable bonds is 8. The van der Waals surface area contributed by atoms with Crippen LogP contribution in [0.1, 0.15) is 5.56 Å². The number of fused-ring (bicyclic) bond motifs is 3. The third-order valence-corrected chi connectivity index (χ3v) is 12.7. The lowest BCUT2D eigenvalue weighted by molar-refractivity contribution is 1.07. The first-order valence-corrected chi connectivity index (χ1v) is 22.1. The highest BCUT2D eigenvalue weighted by atomic mass is 15.0. The van der Waals surface area contributed by atoms with Gasteiger partial charge in [0.05, 0.1) is 11.6 Å². The minimum absolute atomic E-state index is 0.551. The maximum absolute atomic E-state index is 10.5. The van der Waals surface area contributed by atoms with Gasteiger partial charge in [-0.1, -0.05) is 194 Å². The molecule has 0 aliphatic heterocycles.